The summed E-state index contributed by atoms with van der Waals surface area (Å²) in [5, 5.41) is 0. The molecule has 5 rings (SSSR count). The number of fused-ring (bicyclic) bond motifs is 1. The van der Waals surface area contributed by atoms with Crippen molar-refractivity contribution in [2.24, 2.45) is 5.92 Å². The van der Waals surface area contributed by atoms with Crippen LogP contribution >= 0.6 is 0 Å². The van der Waals surface area contributed by atoms with Crippen molar-refractivity contribution >= 4 is 12.0 Å². The summed E-state index contributed by atoms with van der Waals surface area (Å²) in [6, 6.07) is 10.4. The number of nitrogens with zero attached hydrogens (tertiary/aromatic N) is 2. The van der Waals surface area contributed by atoms with Crippen LogP contribution in [0.1, 0.15) is 28.7 Å². The second-order valence-corrected chi connectivity index (χ2v) is 8.12. The highest BCUT2D eigenvalue weighted by atomic mass is 16.6. The van der Waals surface area contributed by atoms with Crippen LogP contribution in [0.5, 0.6) is 5.75 Å². The summed E-state index contributed by atoms with van der Waals surface area (Å²) >= 11 is 0. The summed E-state index contributed by atoms with van der Waals surface area (Å²) in [5.74, 6) is -0.414. The lowest BCUT2D eigenvalue weighted by atomic mass is 9.49. The smallest absolute Gasteiger partial charge is 0.339 e. The Bertz CT molecular complexity index is 1320. The lowest BCUT2D eigenvalue weighted by Crippen LogP contribution is -2.63. The molecule has 0 radical (unpaired) electrons. The van der Waals surface area contributed by atoms with E-state index in [4.69, 9.17) is 18.6 Å². The van der Waals surface area contributed by atoms with Crippen molar-refractivity contribution in [1.82, 2.24) is 9.97 Å². The van der Waals surface area contributed by atoms with Crippen LogP contribution in [0.15, 0.2) is 88.3 Å². The lowest BCUT2D eigenvalue weighted by molar-refractivity contribution is -0.182. The Morgan fingerprint density at radius 1 is 0.941 bits per heavy atom. The van der Waals surface area contributed by atoms with Crippen LogP contribution in [0.25, 0.3) is 6.08 Å². The number of methoxy groups -OCH3 is 2. The van der Waals surface area contributed by atoms with Gasteiger partial charge in [-0.15, -0.1) is 0 Å². The first-order chi connectivity index (χ1) is 16.6. The first-order valence-electron chi connectivity index (χ1n) is 10.7. The van der Waals surface area contributed by atoms with Crippen molar-refractivity contribution in [1.29, 1.82) is 0 Å². The summed E-state index contributed by atoms with van der Waals surface area (Å²) in [6.45, 7) is 0. The van der Waals surface area contributed by atoms with Crippen molar-refractivity contribution < 1.29 is 23.4 Å². The molecule has 8 nitrogen and oxygen atoms in total. The first kappa shape index (κ1) is 21.6. The van der Waals surface area contributed by atoms with Crippen LogP contribution in [-0.4, -0.2) is 35.8 Å². The normalized spacial score (nSPS) is 25.6. The maximum atomic E-state index is 12.7. The third-order valence-electron chi connectivity index (χ3n) is 6.41. The fourth-order valence-electron chi connectivity index (χ4n) is 5.01. The number of carbonyl (C=O) groups excluding carboxylic acids is 1. The average molecular weight is 458 g/mol. The summed E-state index contributed by atoms with van der Waals surface area (Å²) in [5.41, 5.74) is 0.121. The quantitative estimate of drug-likeness (QED) is 0.518. The molecule has 172 valence electrons. The van der Waals surface area contributed by atoms with E-state index in [1.54, 1.807) is 30.9 Å². The van der Waals surface area contributed by atoms with E-state index >= 15 is 0 Å². The summed E-state index contributed by atoms with van der Waals surface area (Å²) in [4.78, 5) is 33.2. The number of hydrogen-bond acceptors (Lipinski definition) is 8. The molecule has 0 aromatic carbocycles. The minimum absolute atomic E-state index is 0.223. The second kappa shape index (κ2) is 8.62. The Morgan fingerprint density at radius 2 is 1.65 bits per heavy atom. The molecule has 2 aliphatic rings. The molecule has 3 aromatic heterocycles. The molecule has 4 heterocycles. The molecule has 1 fully saturated rings. The molecule has 0 bridgehead atoms. The zero-order valence-electron chi connectivity index (χ0n) is 18.6. The van der Waals surface area contributed by atoms with Gasteiger partial charge in [0, 0.05) is 36.8 Å². The molecule has 1 aliphatic carbocycles. The van der Waals surface area contributed by atoms with E-state index in [9.17, 15) is 9.59 Å². The van der Waals surface area contributed by atoms with Gasteiger partial charge in [-0.25, -0.2) is 9.59 Å². The Morgan fingerprint density at radius 3 is 2.32 bits per heavy atom. The molecule has 3 aromatic rings. The van der Waals surface area contributed by atoms with Crippen molar-refractivity contribution in [3.63, 3.8) is 0 Å². The number of ether oxygens (including phenoxy) is 3. The Kier molecular flexibility index (Phi) is 5.49. The molecule has 8 heteroatoms. The van der Waals surface area contributed by atoms with Gasteiger partial charge in [-0.2, -0.15) is 0 Å². The van der Waals surface area contributed by atoms with Gasteiger partial charge in [0.2, 0.25) is 0 Å². The van der Waals surface area contributed by atoms with Gasteiger partial charge in [-0.3, -0.25) is 9.97 Å². The summed E-state index contributed by atoms with van der Waals surface area (Å²) < 4.78 is 22.7. The fourth-order valence-corrected chi connectivity index (χ4v) is 5.01. The molecule has 34 heavy (non-hydrogen) atoms. The molecule has 4 atom stereocenters. The molecule has 0 amide bonds. The highest BCUT2D eigenvalue weighted by Crippen LogP contribution is 2.66. The van der Waals surface area contributed by atoms with Crippen LogP contribution in [0.2, 0.25) is 0 Å². The number of hydrogen-bond donors (Lipinski definition) is 0. The van der Waals surface area contributed by atoms with Crippen LogP contribution < -0.4 is 10.4 Å². The van der Waals surface area contributed by atoms with Gasteiger partial charge in [0.25, 0.3) is 0 Å². The Labute approximate surface area is 195 Å². The monoisotopic (exact) mass is 458 g/mol. The van der Waals surface area contributed by atoms with Gasteiger partial charge in [-0.05, 0) is 41.5 Å². The maximum Gasteiger partial charge on any atom is 0.339 e. The van der Waals surface area contributed by atoms with Gasteiger partial charge in [-0.1, -0.05) is 6.08 Å². The first-order valence-corrected chi connectivity index (χ1v) is 10.7. The van der Waals surface area contributed by atoms with Gasteiger partial charge >= 0.3 is 11.6 Å². The molecule has 0 spiro atoms. The average Bonchev–Trinajstić information content (AvgIpc) is 2.85. The number of pyridine rings is 2. The summed E-state index contributed by atoms with van der Waals surface area (Å²) in [6.07, 6.45) is 11.9. The van der Waals surface area contributed by atoms with Crippen molar-refractivity contribution in [3.8, 4) is 5.75 Å². The SMILES string of the molecule is COC1=CC(=O)OC2(/C=C/c3ccncc3)C1C(c1ccncc1)C2c1cc(OC)cc(=O)o1. The second-order valence-electron chi connectivity index (χ2n) is 8.12. The van der Waals surface area contributed by atoms with Crippen LogP contribution in [-0.2, 0) is 14.3 Å². The minimum atomic E-state index is -1.16. The van der Waals surface area contributed by atoms with Gasteiger partial charge in [0.05, 0.1) is 38.2 Å². The topological polar surface area (TPSA) is 101 Å². The molecule has 0 N–H and O–H groups in total. The van der Waals surface area contributed by atoms with E-state index in [2.05, 4.69) is 9.97 Å². The number of rotatable bonds is 6. The van der Waals surface area contributed by atoms with Crippen molar-refractivity contribution in [2.75, 3.05) is 14.2 Å². The van der Waals surface area contributed by atoms with E-state index in [0.717, 1.165) is 11.1 Å². The largest absolute Gasteiger partial charge is 0.500 e. The molecule has 0 saturated heterocycles. The molecule has 4 unspecified atom stereocenters. The molecule has 1 aliphatic heterocycles. The highest BCUT2D eigenvalue weighted by molar-refractivity contribution is 5.85. The predicted octanol–water partition coefficient (Wildman–Crippen LogP) is 3.47. The number of carbonyl (C=O) groups is 1. The van der Waals surface area contributed by atoms with Gasteiger partial charge in [0.15, 0.2) is 5.60 Å². The van der Waals surface area contributed by atoms with Gasteiger partial charge < -0.3 is 18.6 Å². The van der Waals surface area contributed by atoms with E-state index in [1.807, 2.05) is 36.4 Å². The van der Waals surface area contributed by atoms with Crippen LogP contribution in [0.4, 0.5) is 0 Å². The standard InChI is InChI=1S/C26H22N2O6/c1-31-18-13-20(33-21(29)14-18)25-23(17-6-11-28-12-7-17)24-19(32-2)15-22(30)34-26(24,25)8-3-16-4-9-27-10-5-16/h3-15,23-25H,1-2H3/b8-3+. The van der Waals surface area contributed by atoms with E-state index in [1.165, 1.54) is 26.4 Å². The Balaban J connectivity index is 1.72. The lowest BCUT2D eigenvalue weighted by Gasteiger charge is -2.59. The fraction of sp³-hybridized carbons (Fsp3) is 0.231. The number of aromatic nitrogens is 2. The zero-order valence-corrected chi connectivity index (χ0v) is 18.6. The van der Waals surface area contributed by atoms with Crippen molar-refractivity contribution in [3.05, 3.63) is 106 Å². The maximum absolute atomic E-state index is 12.7. The number of esters is 1. The minimum Gasteiger partial charge on any atom is -0.500 e. The third-order valence-corrected chi connectivity index (χ3v) is 6.41. The van der Waals surface area contributed by atoms with E-state index in [-0.39, 0.29) is 11.8 Å². The summed E-state index contributed by atoms with van der Waals surface area (Å²) in [7, 11) is 3.01. The van der Waals surface area contributed by atoms with E-state index < -0.39 is 23.1 Å². The van der Waals surface area contributed by atoms with E-state index in [0.29, 0.717) is 17.3 Å². The predicted molar refractivity (Wildman–Crippen MR) is 122 cm³/mol. The molecular formula is C26H22N2O6. The van der Waals surface area contributed by atoms with Crippen LogP contribution in [0.3, 0.4) is 0 Å². The highest BCUT2D eigenvalue weighted by Gasteiger charge is 2.68. The van der Waals surface area contributed by atoms with Gasteiger partial charge in [0.1, 0.15) is 17.3 Å². The Hall–Kier alpha value is -4.20. The third kappa shape index (κ3) is 3.57. The molecule has 1 saturated carbocycles. The molecular weight excluding hydrogens is 436 g/mol. The van der Waals surface area contributed by atoms with Crippen LogP contribution in [0, 0.1) is 5.92 Å². The van der Waals surface area contributed by atoms with Crippen molar-refractivity contribution in [2.45, 2.75) is 17.4 Å². The zero-order chi connectivity index (χ0) is 23.7.